The van der Waals surface area contributed by atoms with Crippen molar-refractivity contribution >= 4 is 21.7 Å². The fourth-order valence-electron chi connectivity index (χ4n) is 1.58. The highest BCUT2D eigenvalue weighted by Gasteiger charge is 2.02. The molecule has 0 radical (unpaired) electrons. The van der Waals surface area contributed by atoms with Gasteiger partial charge < -0.3 is 10.2 Å². The Bertz CT molecular complexity index is 348. The number of nitrogens with one attached hydrogen (secondary N) is 1. The number of aryl methyl sites for hydroxylation is 1. The molecule has 0 aliphatic rings. The second kappa shape index (κ2) is 7.69. The molecular weight excluding hydrogens is 292 g/mol. The number of hydrogen-bond acceptors (Lipinski definition) is 4. The first-order valence-electron chi connectivity index (χ1n) is 6.44. The molecule has 0 aliphatic carbocycles. The molecule has 1 aromatic heterocycles. The lowest BCUT2D eigenvalue weighted by molar-refractivity contribution is 0.269. The Balaban J connectivity index is 2.22. The number of rotatable bonds is 7. The van der Waals surface area contributed by atoms with Crippen molar-refractivity contribution < 1.29 is 0 Å². The molecule has 0 aliphatic heterocycles. The van der Waals surface area contributed by atoms with Crippen molar-refractivity contribution in [3.05, 3.63) is 16.5 Å². The first-order valence-corrected chi connectivity index (χ1v) is 7.23. The number of unbranched alkanes of at least 4 members (excludes halogenated alkanes) is 1. The summed E-state index contributed by atoms with van der Waals surface area (Å²) in [6.45, 7) is 8.44. The van der Waals surface area contributed by atoms with Gasteiger partial charge >= 0.3 is 0 Å². The third-order valence-electron chi connectivity index (χ3n) is 2.93. The molecule has 0 unspecified atom stereocenters. The summed E-state index contributed by atoms with van der Waals surface area (Å²) in [4.78, 5) is 10.9. The maximum atomic E-state index is 4.33. The summed E-state index contributed by atoms with van der Waals surface area (Å²) in [6.07, 6.45) is 2.35. The van der Waals surface area contributed by atoms with E-state index >= 15 is 0 Å². The summed E-state index contributed by atoms with van der Waals surface area (Å²) >= 11 is 3.37. The lowest BCUT2D eigenvalue weighted by atomic mass is 10.2. The Morgan fingerprint density at radius 1 is 1.33 bits per heavy atom. The van der Waals surface area contributed by atoms with Crippen molar-refractivity contribution in [3.8, 4) is 0 Å². The van der Waals surface area contributed by atoms with Crippen LogP contribution in [0.3, 0.4) is 0 Å². The van der Waals surface area contributed by atoms with Crippen molar-refractivity contribution in [3.63, 3.8) is 0 Å². The van der Waals surface area contributed by atoms with Crippen LogP contribution < -0.4 is 5.32 Å². The highest BCUT2D eigenvalue weighted by Crippen LogP contribution is 2.11. The van der Waals surface area contributed by atoms with Gasteiger partial charge in [0.1, 0.15) is 16.2 Å². The Morgan fingerprint density at radius 2 is 2.06 bits per heavy atom. The molecule has 0 amide bonds. The standard InChI is InChI=1S/C13H23BrN4/c1-10(2)18(4)8-6-5-7-15-13-9-12(14)16-11(3)17-13/h9-10H,5-8H2,1-4H3,(H,15,16,17). The molecule has 4 nitrogen and oxygen atoms in total. The molecule has 0 atom stereocenters. The number of anilines is 1. The molecule has 1 rings (SSSR count). The molecule has 0 saturated heterocycles. The zero-order valence-electron chi connectivity index (χ0n) is 11.7. The van der Waals surface area contributed by atoms with Crippen molar-refractivity contribution in [1.82, 2.24) is 14.9 Å². The van der Waals surface area contributed by atoms with Gasteiger partial charge in [0.15, 0.2) is 0 Å². The molecule has 0 bridgehead atoms. The summed E-state index contributed by atoms with van der Waals surface area (Å²) in [5.41, 5.74) is 0. The van der Waals surface area contributed by atoms with Crippen LogP contribution in [0.1, 0.15) is 32.5 Å². The molecular formula is C13H23BrN4. The van der Waals surface area contributed by atoms with E-state index < -0.39 is 0 Å². The van der Waals surface area contributed by atoms with Gasteiger partial charge in [-0.15, -0.1) is 0 Å². The highest BCUT2D eigenvalue weighted by molar-refractivity contribution is 9.10. The van der Waals surface area contributed by atoms with Crippen LogP contribution in [0.15, 0.2) is 10.7 Å². The van der Waals surface area contributed by atoms with Gasteiger partial charge in [-0.3, -0.25) is 0 Å². The van der Waals surface area contributed by atoms with Crippen LogP contribution in [0.25, 0.3) is 0 Å². The zero-order chi connectivity index (χ0) is 13.5. The topological polar surface area (TPSA) is 41.1 Å². The van der Waals surface area contributed by atoms with E-state index in [1.54, 1.807) is 0 Å². The minimum Gasteiger partial charge on any atom is -0.370 e. The zero-order valence-corrected chi connectivity index (χ0v) is 13.3. The maximum Gasteiger partial charge on any atom is 0.130 e. The van der Waals surface area contributed by atoms with E-state index in [1.165, 1.54) is 6.42 Å². The van der Waals surface area contributed by atoms with Crippen LogP contribution in [0, 0.1) is 6.92 Å². The van der Waals surface area contributed by atoms with Crippen LogP contribution in [0.2, 0.25) is 0 Å². The maximum absolute atomic E-state index is 4.33. The fraction of sp³-hybridized carbons (Fsp3) is 0.692. The van der Waals surface area contributed by atoms with Crippen LogP contribution in [0.5, 0.6) is 0 Å². The van der Waals surface area contributed by atoms with E-state index in [1.807, 2.05) is 13.0 Å². The van der Waals surface area contributed by atoms with Gasteiger partial charge in [-0.2, -0.15) is 0 Å². The second-order valence-electron chi connectivity index (χ2n) is 4.83. The minimum atomic E-state index is 0.624. The van der Waals surface area contributed by atoms with Gasteiger partial charge in [0.2, 0.25) is 0 Å². The summed E-state index contributed by atoms with van der Waals surface area (Å²) in [5, 5.41) is 3.33. The summed E-state index contributed by atoms with van der Waals surface area (Å²) in [5.74, 6) is 1.68. The summed E-state index contributed by atoms with van der Waals surface area (Å²) in [7, 11) is 2.17. The molecule has 102 valence electrons. The van der Waals surface area contributed by atoms with Gasteiger partial charge in [0, 0.05) is 18.7 Å². The van der Waals surface area contributed by atoms with Gasteiger partial charge in [-0.25, -0.2) is 9.97 Å². The molecule has 0 fully saturated rings. The largest absolute Gasteiger partial charge is 0.370 e. The Hall–Kier alpha value is -0.680. The van der Waals surface area contributed by atoms with Gasteiger partial charge in [-0.1, -0.05) is 0 Å². The van der Waals surface area contributed by atoms with Crippen LogP contribution in [0.4, 0.5) is 5.82 Å². The molecule has 1 N–H and O–H groups in total. The Labute approximate surface area is 118 Å². The van der Waals surface area contributed by atoms with E-state index in [9.17, 15) is 0 Å². The molecule has 0 aromatic carbocycles. The van der Waals surface area contributed by atoms with Crippen LogP contribution in [-0.2, 0) is 0 Å². The highest BCUT2D eigenvalue weighted by atomic mass is 79.9. The molecule has 0 saturated carbocycles. The van der Waals surface area contributed by atoms with Crippen molar-refractivity contribution in [1.29, 1.82) is 0 Å². The molecule has 1 heterocycles. The number of aromatic nitrogens is 2. The summed E-state index contributed by atoms with van der Waals surface area (Å²) < 4.78 is 0.831. The lowest BCUT2D eigenvalue weighted by Gasteiger charge is -2.20. The van der Waals surface area contributed by atoms with E-state index in [0.29, 0.717) is 6.04 Å². The third-order valence-corrected chi connectivity index (χ3v) is 3.34. The van der Waals surface area contributed by atoms with E-state index in [2.05, 4.69) is 57.0 Å². The molecule has 1 aromatic rings. The Morgan fingerprint density at radius 3 is 2.67 bits per heavy atom. The second-order valence-corrected chi connectivity index (χ2v) is 5.64. The first-order chi connectivity index (χ1) is 8.49. The molecule has 0 spiro atoms. The van der Waals surface area contributed by atoms with E-state index in [-0.39, 0.29) is 0 Å². The SMILES string of the molecule is Cc1nc(Br)cc(NCCCCN(C)C(C)C)n1. The number of nitrogens with zero attached hydrogens (tertiary/aromatic N) is 3. The lowest BCUT2D eigenvalue weighted by Crippen LogP contribution is -2.27. The molecule has 18 heavy (non-hydrogen) atoms. The van der Waals surface area contributed by atoms with Crippen molar-refractivity contribution in [2.45, 2.75) is 39.7 Å². The summed E-state index contributed by atoms with van der Waals surface area (Å²) in [6, 6.07) is 2.53. The Kier molecular flexibility index (Phi) is 6.57. The fourth-order valence-corrected chi connectivity index (χ4v) is 2.06. The average Bonchev–Trinajstić information content (AvgIpc) is 2.26. The predicted molar refractivity (Wildman–Crippen MR) is 80.0 cm³/mol. The van der Waals surface area contributed by atoms with Gasteiger partial charge in [-0.05, 0) is 63.1 Å². The van der Waals surface area contributed by atoms with E-state index in [4.69, 9.17) is 0 Å². The number of hydrogen-bond donors (Lipinski definition) is 1. The average molecular weight is 315 g/mol. The van der Waals surface area contributed by atoms with Gasteiger partial charge in [0.05, 0.1) is 0 Å². The smallest absolute Gasteiger partial charge is 0.130 e. The van der Waals surface area contributed by atoms with E-state index in [0.717, 1.165) is 35.8 Å². The predicted octanol–water partition coefficient (Wildman–Crippen LogP) is 3.08. The molecule has 5 heteroatoms. The van der Waals surface area contributed by atoms with Crippen LogP contribution >= 0.6 is 15.9 Å². The number of halogens is 1. The minimum absolute atomic E-state index is 0.624. The monoisotopic (exact) mass is 314 g/mol. The van der Waals surface area contributed by atoms with Crippen LogP contribution in [-0.4, -0.2) is 41.0 Å². The third kappa shape index (κ3) is 5.78. The van der Waals surface area contributed by atoms with Crippen molar-refractivity contribution in [2.75, 3.05) is 25.5 Å². The first kappa shape index (κ1) is 15.4. The quantitative estimate of drug-likeness (QED) is 0.620. The normalized spacial score (nSPS) is 11.3. The van der Waals surface area contributed by atoms with Gasteiger partial charge in [0.25, 0.3) is 0 Å². The van der Waals surface area contributed by atoms with Crippen molar-refractivity contribution in [2.24, 2.45) is 0 Å².